The highest BCUT2D eigenvalue weighted by Crippen LogP contribution is 2.16. The van der Waals surface area contributed by atoms with Crippen molar-refractivity contribution in [3.8, 4) is 0 Å². The van der Waals surface area contributed by atoms with Crippen LogP contribution in [0, 0.1) is 6.92 Å². The van der Waals surface area contributed by atoms with Crippen molar-refractivity contribution in [3.63, 3.8) is 0 Å². The summed E-state index contributed by atoms with van der Waals surface area (Å²) in [6.07, 6.45) is 3.11. The Morgan fingerprint density at radius 2 is 2.44 bits per heavy atom. The fourth-order valence-electron chi connectivity index (χ4n) is 2.28. The van der Waals surface area contributed by atoms with Crippen LogP contribution in [0.4, 0.5) is 0 Å². The average molecular weight is 267 g/mol. The summed E-state index contributed by atoms with van der Waals surface area (Å²) in [6.45, 7) is 6.56. The van der Waals surface area contributed by atoms with Gasteiger partial charge in [-0.25, -0.2) is 4.98 Å². The number of likely N-dealkylation sites (tertiary alicyclic amines) is 1. The molecule has 2 heterocycles. The van der Waals surface area contributed by atoms with Crippen molar-refractivity contribution in [2.24, 2.45) is 0 Å². The number of nitrogens with one attached hydrogen (secondary N) is 1. The highest BCUT2D eigenvalue weighted by Gasteiger charge is 2.28. The first-order valence-electron chi connectivity index (χ1n) is 6.64. The molecule has 0 saturated carbocycles. The normalized spacial score (nSPS) is 20.4. The first kappa shape index (κ1) is 13.5. The molecule has 0 aromatic carbocycles. The Labute approximate surface area is 112 Å². The van der Waals surface area contributed by atoms with Gasteiger partial charge < -0.3 is 10.2 Å². The third-order valence-corrected chi connectivity index (χ3v) is 4.01. The molecule has 1 aromatic rings. The van der Waals surface area contributed by atoms with Gasteiger partial charge in [0.25, 0.3) is 0 Å². The summed E-state index contributed by atoms with van der Waals surface area (Å²) in [5, 5.41) is 6.45. The van der Waals surface area contributed by atoms with E-state index in [-0.39, 0.29) is 11.9 Å². The molecular weight excluding hydrogens is 246 g/mol. The topological polar surface area (TPSA) is 45.2 Å². The second-order valence-corrected chi connectivity index (χ2v) is 5.83. The highest BCUT2D eigenvalue weighted by molar-refractivity contribution is 7.09. The van der Waals surface area contributed by atoms with Gasteiger partial charge in [-0.15, -0.1) is 11.3 Å². The Morgan fingerprint density at radius 3 is 3.11 bits per heavy atom. The second-order valence-electron chi connectivity index (χ2n) is 4.77. The summed E-state index contributed by atoms with van der Waals surface area (Å²) in [7, 11) is 0. The van der Waals surface area contributed by atoms with Crippen LogP contribution in [0.3, 0.4) is 0 Å². The summed E-state index contributed by atoms with van der Waals surface area (Å²) < 4.78 is 0. The Balaban J connectivity index is 1.93. The molecule has 4 nitrogen and oxygen atoms in total. The number of carbonyl (C=O) groups is 1. The highest BCUT2D eigenvalue weighted by atomic mass is 32.1. The Morgan fingerprint density at radius 1 is 1.61 bits per heavy atom. The van der Waals surface area contributed by atoms with Gasteiger partial charge in [0.2, 0.25) is 5.91 Å². The van der Waals surface area contributed by atoms with E-state index in [4.69, 9.17) is 0 Å². The van der Waals surface area contributed by atoms with Crippen LogP contribution < -0.4 is 5.32 Å². The number of aromatic nitrogens is 1. The molecule has 1 unspecified atom stereocenters. The van der Waals surface area contributed by atoms with Gasteiger partial charge in [-0.2, -0.15) is 0 Å². The van der Waals surface area contributed by atoms with E-state index in [1.54, 1.807) is 11.3 Å². The van der Waals surface area contributed by atoms with E-state index in [1.807, 2.05) is 17.2 Å². The van der Waals surface area contributed by atoms with Crippen molar-refractivity contribution in [2.75, 3.05) is 13.1 Å². The van der Waals surface area contributed by atoms with Crippen LogP contribution in [-0.4, -0.2) is 34.9 Å². The van der Waals surface area contributed by atoms with E-state index >= 15 is 0 Å². The lowest BCUT2D eigenvalue weighted by Gasteiger charge is -2.32. The van der Waals surface area contributed by atoms with Crippen LogP contribution in [0.5, 0.6) is 0 Å². The van der Waals surface area contributed by atoms with Crippen molar-refractivity contribution in [2.45, 2.75) is 45.7 Å². The molecule has 0 radical (unpaired) electrons. The number of amides is 1. The molecule has 2 rings (SSSR count). The molecule has 1 N–H and O–H groups in total. The number of thiazole rings is 1. The lowest BCUT2D eigenvalue weighted by atomic mass is 10.0. The molecule has 5 heteroatoms. The summed E-state index contributed by atoms with van der Waals surface area (Å²) in [5.74, 6) is 0.236. The zero-order chi connectivity index (χ0) is 13.0. The van der Waals surface area contributed by atoms with Gasteiger partial charge in [0.1, 0.15) is 0 Å². The van der Waals surface area contributed by atoms with E-state index in [0.717, 1.165) is 43.1 Å². The first-order valence-corrected chi connectivity index (χ1v) is 7.52. The Bertz CT molecular complexity index is 405. The average Bonchev–Trinajstić information content (AvgIpc) is 2.76. The molecule has 1 amide bonds. The summed E-state index contributed by atoms with van der Waals surface area (Å²) in [6, 6.07) is 0.0124. The lowest BCUT2D eigenvalue weighted by molar-refractivity contribution is -0.136. The molecular formula is C13H21N3OS. The van der Waals surface area contributed by atoms with Crippen molar-refractivity contribution in [3.05, 3.63) is 16.1 Å². The maximum Gasteiger partial charge on any atom is 0.240 e. The third kappa shape index (κ3) is 3.29. The molecule has 100 valence electrons. The number of carbonyl (C=O) groups excluding carboxylic acids is 1. The van der Waals surface area contributed by atoms with Crippen LogP contribution in [0.25, 0.3) is 0 Å². The van der Waals surface area contributed by atoms with Gasteiger partial charge in [-0.05, 0) is 32.7 Å². The van der Waals surface area contributed by atoms with Gasteiger partial charge >= 0.3 is 0 Å². The van der Waals surface area contributed by atoms with E-state index in [1.165, 1.54) is 0 Å². The molecule has 1 saturated heterocycles. The van der Waals surface area contributed by atoms with Gasteiger partial charge in [0.05, 0.1) is 23.3 Å². The number of rotatable bonds is 5. The Kier molecular flexibility index (Phi) is 4.72. The smallest absolute Gasteiger partial charge is 0.240 e. The van der Waals surface area contributed by atoms with Crippen molar-refractivity contribution in [1.82, 2.24) is 15.2 Å². The minimum Gasteiger partial charge on any atom is -0.335 e. The minimum absolute atomic E-state index is 0.0124. The molecule has 0 bridgehead atoms. The number of piperidine rings is 1. The van der Waals surface area contributed by atoms with Gasteiger partial charge in [-0.1, -0.05) is 6.92 Å². The predicted molar refractivity (Wildman–Crippen MR) is 73.6 cm³/mol. The molecule has 1 aliphatic rings. The van der Waals surface area contributed by atoms with E-state index in [9.17, 15) is 4.79 Å². The number of hydrogen-bond donors (Lipinski definition) is 1. The van der Waals surface area contributed by atoms with Crippen molar-refractivity contribution < 1.29 is 4.79 Å². The fourth-order valence-corrected chi connectivity index (χ4v) is 2.89. The fraction of sp³-hybridized carbons (Fsp3) is 0.692. The van der Waals surface area contributed by atoms with Gasteiger partial charge in [0.15, 0.2) is 0 Å². The van der Waals surface area contributed by atoms with Crippen LogP contribution >= 0.6 is 11.3 Å². The maximum atomic E-state index is 12.3. The van der Waals surface area contributed by atoms with E-state index in [0.29, 0.717) is 6.54 Å². The molecule has 1 aromatic heterocycles. The minimum atomic E-state index is 0.0124. The molecule has 1 atom stereocenters. The molecule has 0 spiro atoms. The first-order chi connectivity index (χ1) is 8.70. The maximum absolute atomic E-state index is 12.3. The number of hydrogen-bond acceptors (Lipinski definition) is 4. The van der Waals surface area contributed by atoms with Crippen LogP contribution in [0.1, 0.15) is 36.9 Å². The standard InChI is InChI=1S/C13H21N3OS/c1-3-6-14-12-5-4-7-16(13(12)17)8-11-9-18-10(2)15-11/h9,12,14H,3-8H2,1-2H3. The molecule has 18 heavy (non-hydrogen) atoms. The van der Waals surface area contributed by atoms with Crippen LogP contribution in [-0.2, 0) is 11.3 Å². The molecule has 0 aliphatic carbocycles. The molecule has 1 fully saturated rings. The van der Waals surface area contributed by atoms with Crippen molar-refractivity contribution >= 4 is 17.2 Å². The zero-order valence-corrected chi connectivity index (χ0v) is 11.9. The van der Waals surface area contributed by atoms with Crippen LogP contribution in [0.2, 0.25) is 0 Å². The van der Waals surface area contributed by atoms with Crippen LogP contribution in [0.15, 0.2) is 5.38 Å². The number of nitrogens with zero attached hydrogens (tertiary/aromatic N) is 2. The Hall–Kier alpha value is -0.940. The van der Waals surface area contributed by atoms with Crippen molar-refractivity contribution in [1.29, 1.82) is 0 Å². The van der Waals surface area contributed by atoms with Gasteiger partial charge in [0, 0.05) is 11.9 Å². The zero-order valence-electron chi connectivity index (χ0n) is 11.1. The summed E-state index contributed by atoms with van der Waals surface area (Å²) >= 11 is 1.64. The largest absolute Gasteiger partial charge is 0.335 e. The predicted octanol–water partition coefficient (Wildman–Crippen LogP) is 1.94. The SMILES string of the molecule is CCCNC1CCCN(Cc2csc(C)n2)C1=O. The van der Waals surface area contributed by atoms with Gasteiger partial charge in [-0.3, -0.25) is 4.79 Å². The summed E-state index contributed by atoms with van der Waals surface area (Å²) in [5.41, 5.74) is 1.02. The van der Waals surface area contributed by atoms with E-state index in [2.05, 4.69) is 17.2 Å². The monoisotopic (exact) mass is 267 g/mol. The molecule has 1 aliphatic heterocycles. The lowest BCUT2D eigenvalue weighted by Crippen LogP contribution is -2.50. The second kappa shape index (κ2) is 6.29. The number of aryl methyl sites for hydroxylation is 1. The third-order valence-electron chi connectivity index (χ3n) is 3.19. The quantitative estimate of drug-likeness (QED) is 0.887. The van der Waals surface area contributed by atoms with E-state index < -0.39 is 0 Å². The summed E-state index contributed by atoms with van der Waals surface area (Å²) in [4.78, 5) is 18.6.